The number of fused-ring (bicyclic) bond motifs is 2. The first-order valence-corrected chi connectivity index (χ1v) is 11.3. The van der Waals surface area contributed by atoms with Crippen LogP contribution < -0.4 is 5.32 Å². The quantitative estimate of drug-likeness (QED) is 0.799. The van der Waals surface area contributed by atoms with Gasteiger partial charge in [0.1, 0.15) is 11.6 Å². The van der Waals surface area contributed by atoms with Gasteiger partial charge >= 0.3 is 0 Å². The van der Waals surface area contributed by atoms with Crippen molar-refractivity contribution in [3.63, 3.8) is 0 Å². The highest BCUT2D eigenvalue weighted by atomic mass is 32.2. The van der Waals surface area contributed by atoms with Crippen LogP contribution in [0.4, 0.5) is 15.9 Å². The predicted octanol–water partition coefficient (Wildman–Crippen LogP) is 4.91. The van der Waals surface area contributed by atoms with Gasteiger partial charge in [-0.3, -0.25) is 4.79 Å². The number of pyridine rings is 1. The molecule has 1 aliphatic heterocycles. The fourth-order valence-electron chi connectivity index (χ4n) is 4.97. The van der Waals surface area contributed by atoms with Crippen molar-refractivity contribution in [2.45, 2.75) is 37.5 Å². The van der Waals surface area contributed by atoms with E-state index in [-0.39, 0.29) is 11.7 Å². The molecule has 2 heterocycles. The minimum absolute atomic E-state index is 0.133. The summed E-state index contributed by atoms with van der Waals surface area (Å²) in [6, 6.07) is 6.47. The van der Waals surface area contributed by atoms with Gasteiger partial charge < -0.3 is 10.2 Å². The maximum absolute atomic E-state index is 13.6. The zero-order valence-corrected chi connectivity index (χ0v) is 16.6. The highest BCUT2D eigenvalue weighted by Crippen LogP contribution is 2.52. The van der Waals surface area contributed by atoms with Crippen LogP contribution in [0.5, 0.6) is 0 Å². The first-order valence-electron chi connectivity index (χ1n) is 10.1. The van der Waals surface area contributed by atoms with E-state index in [1.807, 2.05) is 22.7 Å². The van der Waals surface area contributed by atoms with Crippen LogP contribution in [0, 0.1) is 5.82 Å². The lowest BCUT2D eigenvalue weighted by Crippen LogP contribution is -2.39. The molecule has 0 atom stereocenters. The molecule has 0 unspecified atom stereocenters. The summed E-state index contributed by atoms with van der Waals surface area (Å²) in [5.74, 6) is 3.55. The number of hydrogen-bond acceptors (Lipinski definition) is 4. The fraction of sp³-hybridized carbons (Fsp3) is 0.455. The summed E-state index contributed by atoms with van der Waals surface area (Å²) >= 11 is 1.91. The van der Waals surface area contributed by atoms with Crippen LogP contribution >= 0.6 is 11.8 Å². The molecule has 1 aromatic heterocycles. The van der Waals surface area contributed by atoms with Gasteiger partial charge in [-0.25, -0.2) is 9.37 Å². The highest BCUT2D eigenvalue weighted by molar-refractivity contribution is 7.99. The number of carbonyl (C=O) groups is 1. The third-order valence-corrected chi connectivity index (χ3v) is 7.26. The second kappa shape index (κ2) is 7.39. The molecule has 28 heavy (non-hydrogen) atoms. The molecular weight excluding hydrogens is 373 g/mol. The van der Waals surface area contributed by atoms with Crippen LogP contribution in [0.25, 0.3) is 0 Å². The van der Waals surface area contributed by atoms with Crippen molar-refractivity contribution >= 4 is 29.2 Å². The molecule has 1 amide bonds. The maximum Gasteiger partial charge on any atom is 0.255 e. The lowest BCUT2D eigenvalue weighted by Gasteiger charge is -2.40. The summed E-state index contributed by atoms with van der Waals surface area (Å²) in [5.41, 5.74) is 3.90. The van der Waals surface area contributed by atoms with Crippen molar-refractivity contribution in [2.24, 2.45) is 0 Å². The van der Waals surface area contributed by atoms with Gasteiger partial charge in [0.05, 0.1) is 5.56 Å². The number of benzene rings is 1. The van der Waals surface area contributed by atoms with Gasteiger partial charge in [-0.1, -0.05) is 6.07 Å². The van der Waals surface area contributed by atoms with Crippen molar-refractivity contribution < 1.29 is 9.18 Å². The summed E-state index contributed by atoms with van der Waals surface area (Å²) in [5, 5.41) is 3.32. The molecule has 1 saturated heterocycles. The number of nitrogens with zero attached hydrogens (tertiary/aromatic N) is 2. The van der Waals surface area contributed by atoms with Gasteiger partial charge in [-0.2, -0.15) is 11.8 Å². The number of aromatic nitrogens is 1. The van der Waals surface area contributed by atoms with Crippen molar-refractivity contribution in [3.05, 3.63) is 53.0 Å². The molecular formula is C22H24FN3OS. The molecule has 1 N–H and O–H groups in total. The highest BCUT2D eigenvalue weighted by Gasteiger charge is 2.39. The average Bonchev–Trinajstić information content (AvgIpc) is 2.75. The van der Waals surface area contributed by atoms with E-state index in [9.17, 15) is 9.18 Å². The SMILES string of the molecule is O=C(c1cnc(Nc2cccc(F)c2)c2c1C1CCC2CC1)N1CCSCC1. The lowest BCUT2D eigenvalue weighted by molar-refractivity contribution is 0.0769. The molecule has 6 heteroatoms. The Balaban J connectivity index is 1.55. The number of amides is 1. The van der Waals surface area contributed by atoms with E-state index >= 15 is 0 Å². The number of anilines is 2. The van der Waals surface area contributed by atoms with Gasteiger partial charge in [-0.05, 0) is 61.3 Å². The average molecular weight is 398 g/mol. The topological polar surface area (TPSA) is 45.2 Å². The Kier molecular flexibility index (Phi) is 4.75. The van der Waals surface area contributed by atoms with E-state index in [0.717, 1.165) is 61.7 Å². The van der Waals surface area contributed by atoms with Crippen molar-refractivity contribution in [1.29, 1.82) is 0 Å². The van der Waals surface area contributed by atoms with Crippen LogP contribution in [0.3, 0.4) is 0 Å². The van der Waals surface area contributed by atoms with Gasteiger partial charge in [0.25, 0.3) is 5.91 Å². The summed E-state index contributed by atoms with van der Waals surface area (Å²) in [6.45, 7) is 1.63. The molecule has 0 radical (unpaired) electrons. The molecule has 1 saturated carbocycles. The van der Waals surface area contributed by atoms with E-state index in [0.29, 0.717) is 17.5 Å². The number of carbonyl (C=O) groups excluding carboxylic acids is 1. The largest absolute Gasteiger partial charge is 0.340 e. The van der Waals surface area contributed by atoms with E-state index in [1.54, 1.807) is 12.3 Å². The minimum atomic E-state index is -0.268. The summed E-state index contributed by atoms with van der Waals surface area (Å²) in [4.78, 5) is 19.9. The fourth-order valence-corrected chi connectivity index (χ4v) is 5.88. The first kappa shape index (κ1) is 18.0. The number of hydrogen-bond donors (Lipinski definition) is 1. The third-order valence-electron chi connectivity index (χ3n) is 6.32. The zero-order valence-electron chi connectivity index (χ0n) is 15.8. The van der Waals surface area contributed by atoms with Gasteiger partial charge in [0.15, 0.2) is 0 Å². The van der Waals surface area contributed by atoms with E-state index in [2.05, 4.69) is 10.3 Å². The Hall–Kier alpha value is -2.08. The van der Waals surface area contributed by atoms with Crippen LogP contribution in [0.1, 0.15) is 59.0 Å². The standard InChI is InChI=1S/C22H24FN3OS/c23-16-2-1-3-17(12-16)25-21-20-15-6-4-14(5-7-15)19(20)18(13-24-21)22(27)26-8-10-28-11-9-26/h1-3,12-15H,4-11H2,(H,24,25). The smallest absolute Gasteiger partial charge is 0.255 e. The Morgan fingerprint density at radius 2 is 1.82 bits per heavy atom. The van der Waals surface area contributed by atoms with Crippen molar-refractivity contribution in [2.75, 3.05) is 29.9 Å². The van der Waals surface area contributed by atoms with E-state index < -0.39 is 0 Å². The predicted molar refractivity (Wildman–Crippen MR) is 111 cm³/mol. The lowest BCUT2D eigenvalue weighted by atomic mass is 9.66. The Morgan fingerprint density at radius 3 is 2.54 bits per heavy atom. The number of rotatable bonds is 3. The second-order valence-electron chi connectivity index (χ2n) is 7.94. The monoisotopic (exact) mass is 397 g/mol. The normalized spacial score (nSPS) is 23.4. The number of nitrogens with one attached hydrogen (secondary N) is 1. The molecule has 2 aromatic rings. The second-order valence-corrected chi connectivity index (χ2v) is 9.16. The molecule has 2 fully saturated rings. The molecule has 4 aliphatic rings. The van der Waals surface area contributed by atoms with Crippen LogP contribution in [-0.4, -0.2) is 40.4 Å². The number of thioether (sulfide) groups is 1. The first-order chi connectivity index (χ1) is 13.7. The van der Waals surface area contributed by atoms with Gasteiger partial charge in [-0.15, -0.1) is 0 Å². The van der Waals surface area contributed by atoms with Crippen LogP contribution in [-0.2, 0) is 0 Å². The van der Waals surface area contributed by atoms with Gasteiger partial charge in [0, 0.05) is 42.0 Å². The molecule has 3 aliphatic carbocycles. The summed E-state index contributed by atoms with van der Waals surface area (Å²) in [7, 11) is 0. The molecule has 146 valence electrons. The zero-order chi connectivity index (χ0) is 19.1. The van der Waals surface area contributed by atoms with Gasteiger partial charge in [0.2, 0.25) is 0 Å². The molecule has 1 aromatic carbocycles. The molecule has 2 bridgehead atoms. The molecule has 6 rings (SSSR count). The third kappa shape index (κ3) is 3.17. The summed E-state index contributed by atoms with van der Waals surface area (Å²) < 4.78 is 13.6. The van der Waals surface area contributed by atoms with E-state index in [4.69, 9.17) is 0 Å². The van der Waals surface area contributed by atoms with Crippen molar-refractivity contribution in [1.82, 2.24) is 9.88 Å². The number of halogens is 1. The Morgan fingerprint density at radius 1 is 1.11 bits per heavy atom. The Bertz CT molecular complexity index is 905. The van der Waals surface area contributed by atoms with E-state index in [1.165, 1.54) is 23.3 Å². The van der Waals surface area contributed by atoms with Crippen LogP contribution in [0.15, 0.2) is 30.5 Å². The maximum atomic E-state index is 13.6. The Labute approximate surface area is 168 Å². The molecule has 0 spiro atoms. The molecule has 4 nitrogen and oxygen atoms in total. The minimum Gasteiger partial charge on any atom is -0.340 e. The van der Waals surface area contributed by atoms with Crippen molar-refractivity contribution in [3.8, 4) is 0 Å². The summed E-state index contributed by atoms with van der Waals surface area (Å²) in [6.07, 6.45) is 6.35. The van der Waals surface area contributed by atoms with Crippen LogP contribution in [0.2, 0.25) is 0 Å².